The van der Waals surface area contributed by atoms with E-state index in [0.717, 1.165) is 24.3 Å². The molecule has 1 aromatic carbocycles. The van der Waals surface area contributed by atoms with Crippen molar-refractivity contribution >= 4 is 17.8 Å². The van der Waals surface area contributed by atoms with E-state index in [2.05, 4.69) is 10.6 Å². The predicted octanol–water partition coefficient (Wildman–Crippen LogP) is 1.66. The molecule has 0 aromatic heterocycles. The lowest BCUT2D eigenvalue weighted by Gasteiger charge is -2.19. The molecule has 0 spiro atoms. The molecule has 0 saturated heterocycles. The lowest BCUT2D eigenvalue weighted by molar-refractivity contribution is -0.146. The van der Waals surface area contributed by atoms with Gasteiger partial charge in [-0.15, -0.1) is 0 Å². The van der Waals surface area contributed by atoms with Gasteiger partial charge in [-0.3, -0.25) is 14.4 Å². The van der Waals surface area contributed by atoms with Gasteiger partial charge in [-0.05, 0) is 38.1 Å². The van der Waals surface area contributed by atoms with Gasteiger partial charge in [-0.25, -0.2) is 0 Å². The monoisotopic (exact) mass is 346 g/mol. The van der Waals surface area contributed by atoms with Crippen LogP contribution in [0.4, 0.5) is 13.2 Å². The molecule has 0 saturated carbocycles. The average Bonchev–Trinajstić information content (AvgIpc) is 2.49. The molecule has 0 aliphatic rings. The molecule has 0 atom stereocenters. The summed E-state index contributed by atoms with van der Waals surface area (Å²) >= 11 is 0. The van der Waals surface area contributed by atoms with Gasteiger partial charge in [-0.1, -0.05) is 0 Å². The molecule has 0 fully saturated rings. The van der Waals surface area contributed by atoms with E-state index in [1.54, 1.807) is 0 Å². The second-order valence-corrected chi connectivity index (χ2v) is 5.72. The molecule has 1 aromatic rings. The van der Waals surface area contributed by atoms with Crippen LogP contribution >= 0.6 is 0 Å². The number of hydrogen-bond donors (Lipinski definition) is 3. The Bertz CT molecular complexity index is 625. The standard InChI is InChI=1S/C15H17F3N2O4/c1-14(2,13(23)24)8-20-11(21)7-19-12(22)9-3-5-10(6-4-9)15(16,17)18/h3-6H,7-8H2,1-2H3,(H,19,22)(H,20,21)(H,23,24). The van der Waals surface area contributed by atoms with Crippen molar-refractivity contribution in [2.45, 2.75) is 20.0 Å². The molecule has 132 valence electrons. The molecule has 6 nitrogen and oxygen atoms in total. The molecule has 24 heavy (non-hydrogen) atoms. The molecule has 0 radical (unpaired) electrons. The second-order valence-electron chi connectivity index (χ2n) is 5.72. The van der Waals surface area contributed by atoms with Crippen molar-refractivity contribution in [2.75, 3.05) is 13.1 Å². The molecule has 0 aliphatic heterocycles. The second kappa shape index (κ2) is 7.33. The third-order valence-corrected chi connectivity index (χ3v) is 3.19. The highest BCUT2D eigenvalue weighted by Gasteiger charge is 2.30. The Kier molecular flexibility index (Phi) is 5.94. The largest absolute Gasteiger partial charge is 0.481 e. The van der Waals surface area contributed by atoms with E-state index in [-0.39, 0.29) is 12.1 Å². The quantitative estimate of drug-likeness (QED) is 0.730. The van der Waals surface area contributed by atoms with Crippen LogP contribution < -0.4 is 10.6 Å². The van der Waals surface area contributed by atoms with Crippen LogP contribution in [0.1, 0.15) is 29.8 Å². The maximum atomic E-state index is 12.4. The molecule has 3 N–H and O–H groups in total. The van der Waals surface area contributed by atoms with Gasteiger partial charge in [0, 0.05) is 12.1 Å². The van der Waals surface area contributed by atoms with Crippen LogP contribution in [-0.2, 0) is 15.8 Å². The minimum atomic E-state index is -4.49. The zero-order valence-electron chi connectivity index (χ0n) is 13.0. The Morgan fingerprint density at radius 3 is 2.04 bits per heavy atom. The summed E-state index contributed by atoms with van der Waals surface area (Å²) in [5.74, 6) is -2.41. The minimum absolute atomic E-state index is 0.0262. The summed E-state index contributed by atoms with van der Waals surface area (Å²) in [6, 6.07) is 3.54. The Hall–Kier alpha value is -2.58. The van der Waals surface area contributed by atoms with Crippen LogP contribution in [0.5, 0.6) is 0 Å². The van der Waals surface area contributed by atoms with Gasteiger partial charge in [0.1, 0.15) is 0 Å². The van der Waals surface area contributed by atoms with E-state index in [4.69, 9.17) is 5.11 Å². The summed E-state index contributed by atoms with van der Waals surface area (Å²) in [5.41, 5.74) is -2.07. The Labute approximate surface area is 136 Å². The number of alkyl halides is 3. The molecule has 9 heteroatoms. The van der Waals surface area contributed by atoms with E-state index in [9.17, 15) is 27.6 Å². The Morgan fingerprint density at radius 2 is 1.58 bits per heavy atom. The highest BCUT2D eigenvalue weighted by atomic mass is 19.4. The molecular formula is C15H17F3N2O4. The third kappa shape index (κ3) is 5.56. The van der Waals surface area contributed by atoms with Crippen molar-refractivity contribution < 1.29 is 32.7 Å². The molecule has 0 bridgehead atoms. The van der Waals surface area contributed by atoms with Gasteiger partial charge < -0.3 is 15.7 Å². The first kappa shape index (κ1) is 19.5. The number of benzene rings is 1. The first-order valence-electron chi connectivity index (χ1n) is 6.89. The minimum Gasteiger partial charge on any atom is -0.481 e. The number of aliphatic carboxylic acids is 1. The van der Waals surface area contributed by atoms with E-state index in [1.165, 1.54) is 13.8 Å². The molecule has 2 amide bonds. The first-order chi connectivity index (χ1) is 10.9. The van der Waals surface area contributed by atoms with Crippen LogP contribution in [0, 0.1) is 5.41 Å². The fourth-order valence-corrected chi connectivity index (χ4v) is 1.53. The normalized spacial score (nSPS) is 11.7. The number of hydrogen-bond acceptors (Lipinski definition) is 3. The number of carboxylic acid groups (broad SMARTS) is 1. The Balaban J connectivity index is 2.51. The number of nitrogens with one attached hydrogen (secondary N) is 2. The van der Waals surface area contributed by atoms with Gasteiger partial charge in [0.25, 0.3) is 5.91 Å². The number of amides is 2. The van der Waals surface area contributed by atoms with E-state index < -0.39 is 41.5 Å². The fourth-order valence-electron chi connectivity index (χ4n) is 1.53. The van der Waals surface area contributed by atoms with Crippen LogP contribution in [0.15, 0.2) is 24.3 Å². The summed E-state index contributed by atoms with van der Waals surface area (Å²) in [4.78, 5) is 34.2. The van der Waals surface area contributed by atoms with Gasteiger partial charge in [0.2, 0.25) is 5.91 Å². The summed E-state index contributed by atoms with van der Waals surface area (Å²) in [6.07, 6.45) is -4.49. The van der Waals surface area contributed by atoms with Crippen molar-refractivity contribution in [3.05, 3.63) is 35.4 Å². The molecular weight excluding hydrogens is 329 g/mol. The van der Waals surface area contributed by atoms with Gasteiger partial charge >= 0.3 is 12.1 Å². The van der Waals surface area contributed by atoms with Gasteiger partial charge in [0.05, 0.1) is 17.5 Å². The molecule has 0 heterocycles. The SMILES string of the molecule is CC(C)(CNC(=O)CNC(=O)c1ccc(C(F)(F)F)cc1)C(=O)O. The first-order valence-corrected chi connectivity index (χ1v) is 6.89. The number of halogens is 3. The zero-order chi connectivity index (χ0) is 18.5. The fraction of sp³-hybridized carbons (Fsp3) is 0.400. The third-order valence-electron chi connectivity index (χ3n) is 3.19. The Morgan fingerprint density at radius 1 is 1.04 bits per heavy atom. The number of carboxylic acids is 1. The summed E-state index contributed by atoms with van der Waals surface area (Å²) in [7, 11) is 0. The van der Waals surface area contributed by atoms with Crippen LogP contribution in [0.25, 0.3) is 0 Å². The number of rotatable bonds is 6. The summed E-state index contributed by atoms with van der Waals surface area (Å²) in [6.45, 7) is 2.31. The maximum Gasteiger partial charge on any atom is 0.416 e. The highest BCUT2D eigenvalue weighted by molar-refractivity contribution is 5.96. The zero-order valence-corrected chi connectivity index (χ0v) is 13.0. The highest BCUT2D eigenvalue weighted by Crippen LogP contribution is 2.29. The molecule has 1 rings (SSSR count). The van der Waals surface area contributed by atoms with Gasteiger partial charge in [0.15, 0.2) is 0 Å². The van der Waals surface area contributed by atoms with E-state index in [0.29, 0.717) is 0 Å². The lowest BCUT2D eigenvalue weighted by Crippen LogP contribution is -2.43. The smallest absolute Gasteiger partial charge is 0.416 e. The van der Waals surface area contributed by atoms with Crippen molar-refractivity contribution in [2.24, 2.45) is 5.41 Å². The topological polar surface area (TPSA) is 95.5 Å². The van der Waals surface area contributed by atoms with Crippen molar-refractivity contribution in [1.29, 1.82) is 0 Å². The van der Waals surface area contributed by atoms with Crippen molar-refractivity contribution in [3.8, 4) is 0 Å². The lowest BCUT2D eigenvalue weighted by atomic mass is 9.94. The number of carbonyl (C=O) groups excluding carboxylic acids is 2. The van der Waals surface area contributed by atoms with E-state index in [1.807, 2.05) is 0 Å². The summed E-state index contributed by atoms with van der Waals surface area (Å²) < 4.78 is 37.3. The van der Waals surface area contributed by atoms with Crippen molar-refractivity contribution in [3.63, 3.8) is 0 Å². The molecule has 0 unspecified atom stereocenters. The number of carbonyl (C=O) groups is 3. The van der Waals surface area contributed by atoms with Crippen LogP contribution in [0.3, 0.4) is 0 Å². The van der Waals surface area contributed by atoms with E-state index >= 15 is 0 Å². The van der Waals surface area contributed by atoms with Crippen LogP contribution in [0.2, 0.25) is 0 Å². The van der Waals surface area contributed by atoms with Gasteiger partial charge in [-0.2, -0.15) is 13.2 Å². The summed E-state index contributed by atoms with van der Waals surface area (Å²) in [5, 5.41) is 13.5. The maximum absolute atomic E-state index is 12.4. The van der Waals surface area contributed by atoms with Crippen LogP contribution in [-0.4, -0.2) is 36.0 Å². The molecule has 0 aliphatic carbocycles. The van der Waals surface area contributed by atoms with Crippen molar-refractivity contribution in [1.82, 2.24) is 10.6 Å². The average molecular weight is 346 g/mol. The predicted molar refractivity (Wildman–Crippen MR) is 78.2 cm³/mol.